The van der Waals surface area contributed by atoms with Crippen LogP contribution >= 0.6 is 0 Å². The number of hydrogen-bond donors (Lipinski definition) is 1. The van der Waals surface area contributed by atoms with Crippen LogP contribution in [0.25, 0.3) is 0 Å². The summed E-state index contributed by atoms with van der Waals surface area (Å²) in [5.74, 6) is -0.297. The van der Waals surface area contributed by atoms with Gasteiger partial charge in [0.05, 0.1) is 24.8 Å². The van der Waals surface area contributed by atoms with Crippen LogP contribution in [0.15, 0.2) is 12.3 Å². The van der Waals surface area contributed by atoms with E-state index in [1.165, 1.54) is 0 Å². The molecule has 88 valence electrons. The average Bonchev–Trinajstić information content (AvgIpc) is 2.66. The van der Waals surface area contributed by atoms with Crippen LogP contribution in [0.4, 0.5) is 0 Å². The molecule has 0 fully saturated rings. The summed E-state index contributed by atoms with van der Waals surface area (Å²) in [7, 11) is 0. The van der Waals surface area contributed by atoms with Crippen LogP contribution < -0.4 is 5.32 Å². The third-order valence-corrected chi connectivity index (χ3v) is 2.88. The SMILES string of the molecule is CCOC(=O)[C@@H]1CN[C@@H](C)c2ccnn2C1. The first-order valence-electron chi connectivity index (χ1n) is 5.64. The summed E-state index contributed by atoms with van der Waals surface area (Å²) in [6.45, 7) is 5.56. The predicted molar refractivity (Wildman–Crippen MR) is 58.8 cm³/mol. The van der Waals surface area contributed by atoms with E-state index in [9.17, 15) is 4.79 Å². The topological polar surface area (TPSA) is 56.1 Å². The van der Waals surface area contributed by atoms with Gasteiger partial charge >= 0.3 is 5.97 Å². The molecule has 0 unspecified atom stereocenters. The van der Waals surface area contributed by atoms with Crippen LogP contribution in [0.3, 0.4) is 0 Å². The minimum absolute atomic E-state index is 0.148. The van der Waals surface area contributed by atoms with E-state index in [2.05, 4.69) is 17.3 Å². The smallest absolute Gasteiger partial charge is 0.312 e. The molecule has 1 aromatic rings. The number of esters is 1. The van der Waals surface area contributed by atoms with E-state index in [1.807, 2.05) is 17.7 Å². The lowest BCUT2D eigenvalue weighted by Crippen LogP contribution is -2.30. The number of nitrogens with zero attached hydrogens (tertiary/aromatic N) is 2. The lowest BCUT2D eigenvalue weighted by Gasteiger charge is -2.13. The maximum atomic E-state index is 11.7. The molecule has 16 heavy (non-hydrogen) atoms. The highest BCUT2D eigenvalue weighted by Crippen LogP contribution is 2.18. The molecule has 2 rings (SSSR count). The standard InChI is InChI=1S/C11H17N3O2/c1-3-16-11(15)9-6-12-8(2)10-4-5-13-14(10)7-9/h4-5,8-9,12H,3,6-7H2,1-2H3/t8-,9+/m0/s1. The van der Waals surface area contributed by atoms with E-state index in [-0.39, 0.29) is 17.9 Å². The summed E-state index contributed by atoms with van der Waals surface area (Å²) < 4.78 is 6.92. The van der Waals surface area contributed by atoms with Crippen molar-refractivity contribution in [2.45, 2.75) is 26.4 Å². The van der Waals surface area contributed by atoms with Crippen LogP contribution in [0.5, 0.6) is 0 Å². The van der Waals surface area contributed by atoms with Gasteiger partial charge in [0.2, 0.25) is 0 Å². The number of carbonyl (C=O) groups is 1. The van der Waals surface area contributed by atoms with E-state index in [0.717, 1.165) is 5.69 Å². The van der Waals surface area contributed by atoms with Gasteiger partial charge in [-0.05, 0) is 19.9 Å². The first-order chi connectivity index (χ1) is 7.72. The lowest BCUT2D eigenvalue weighted by atomic mass is 10.1. The molecule has 0 saturated heterocycles. The second-order valence-electron chi connectivity index (χ2n) is 4.02. The van der Waals surface area contributed by atoms with Gasteiger partial charge in [-0.1, -0.05) is 0 Å². The molecular formula is C11H17N3O2. The number of hydrogen-bond acceptors (Lipinski definition) is 4. The Hall–Kier alpha value is -1.36. The second-order valence-corrected chi connectivity index (χ2v) is 4.02. The van der Waals surface area contributed by atoms with Crippen molar-refractivity contribution in [3.63, 3.8) is 0 Å². The van der Waals surface area contributed by atoms with Gasteiger partial charge in [-0.2, -0.15) is 5.10 Å². The molecule has 0 aliphatic carbocycles. The van der Waals surface area contributed by atoms with Gasteiger partial charge in [-0.3, -0.25) is 9.48 Å². The van der Waals surface area contributed by atoms with E-state index < -0.39 is 0 Å². The number of carbonyl (C=O) groups excluding carboxylic acids is 1. The number of rotatable bonds is 2. The predicted octanol–water partition coefficient (Wildman–Crippen LogP) is 0.727. The molecule has 5 heteroatoms. The van der Waals surface area contributed by atoms with Crippen LogP contribution in [0.1, 0.15) is 25.6 Å². The molecule has 0 saturated carbocycles. The Labute approximate surface area is 94.8 Å². The van der Waals surface area contributed by atoms with Crippen molar-refractivity contribution in [2.24, 2.45) is 5.92 Å². The van der Waals surface area contributed by atoms with Gasteiger partial charge < -0.3 is 10.1 Å². The largest absolute Gasteiger partial charge is 0.466 e. The monoisotopic (exact) mass is 223 g/mol. The zero-order valence-electron chi connectivity index (χ0n) is 9.64. The number of fused-ring (bicyclic) bond motifs is 1. The highest BCUT2D eigenvalue weighted by Gasteiger charge is 2.26. The Kier molecular flexibility index (Phi) is 3.24. The van der Waals surface area contributed by atoms with Gasteiger partial charge in [0.1, 0.15) is 0 Å². The van der Waals surface area contributed by atoms with Crippen molar-refractivity contribution in [3.8, 4) is 0 Å². The summed E-state index contributed by atoms with van der Waals surface area (Å²) >= 11 is 0. The molecule has 0 amide bonds. The minimum atomic E-state index is -0.149. The molecule has 0 radical (unpaired) electrons. The summed E-state index contributed by atoms with van der Waals surface area (Å²) in [4.78, 5) is 11.7. The fourth-order valence-corrected chi connectivity index (χ4v) is 1.98. The Morgan fingerprint density at radius 1 is 1.75 bits per heavy atom. The molecule has 5 nitrogen and oxygen atoms in total. The molecule has 1 aromatic heterocycles. The van der Waals surface area contributed by atoms with Gasteiger partial charge in [-0.25, -0.2) is 0 Å². The molecule has 1 aliphatic heterocycles. The maximum absolute atomic E-state index is 11.7. The molecule has 0 aromatic carbocycles. The van der Waals surface area contributed by atoms with Crippen molar-refractivity contribution in [1.29, 1.82) is 0 Å². The minimum Gasteiger partial charge on any atom is -0.466 e. The van der Waals surface area contributed by atoms with Crippen molar-refractivity contribution in [3.05, 3.63) is 18.0 Å². The van der Waals surface area contributed by atoms with Crippen LogP contribution in [0.2, 0.25) is 0 Å². The van der Waals surface area contributed by atoms with Crippen molar-refractivity contribution in [1.82, 2.24) is 15.1 Å². The summed E-state index contributed by atoms with van der Waals surface area (Å²) in [5, 5.41) is 7.54. The Balaban J connectivity index is 2.14. The Morgan fingerprint density at radius 2 is 2.56 bits per heavy atom. The van der Waals surface area contributed by atoms with E-state index in [0.29, 0.717) is 19.7 Å². The summed E-state index contributed by atoms with van der Waals surface area (Å²) in [5.41, 5.74) is 1.12. The lowest BCUT2D eigenvalue weighted by molar-refractivity contribution is -0.148. The fraction of sp³-hybridized carbons (Fsp3) is 0.636. The number of ether oxygens (including phenoxy) is 1. The molecule has 0 bridgehead atoms. The van der Waals surface area contributed by atoms with Gasteiger partial charge in [0.25, 0.3) is 0 Å². The quantitative estimate of drug-likeness (QED) is 0.751. The van der Waals surface area contributed by atoms with Crippen LogP contribution in [0, 0.1) is 5.92 Å². The normalized spacial score (nSPS) is 24.6. The molecule has 0 spiro atoms. The van der Waals surface area contributed by atoms with Crippen molar-refractivity contribution < 1.29 is 9.53 Å². The van der Waals surface area contributed by atoms with Gasteiger partial charge in [0, 0.05) is 18.8 Å². The fourth-order valence-electron chi connectivity index (χ4n) is 1.98. The zero-order chi connectivity index (χ0) is 11.5. The third-order valence-electron chi connectivity index (χ3n) is 2.88. The van der Waals surface area contributed by atoms with E-state index in [1.54, 1.807) is 6.20 Å². The highest BCUT2D eigenvalue weighted by atomic mass is 16.5. The van der Waals surface area contributed by atoms with E-state index in [4.69, 9.17) is 4.74 Å². The van der Waals surface area contributed by atoms with Gasteiger partial charge in [0.15, 0.2) is 0 Å². The van der Waals surface area contributed by atoms with Gasteiger partial charge in [-0.15, -0.1) is 0 Å². The third kappa shape index (κ3) is 2.09. The number of nitrogens with one attached hydrogen (secondary N) is 1. The zero-order valence-corrected chi connectivity index (χ0v) is 9.64. The van der Waals surface area contributed by atoms with Crippen LogP contribution in [-0.4, -0.2) is 28.9 Å². The molecule has 1 N–H and O–H groups in total. The first kappa shape index (κ1) is 11.1. The van der Waals surface area contributed by atoms with Crippen LogP contribution in [-0.2, 0) is 16.1 Å². The Bertz CT molecular complexity index is 375. The average molecular weight is 223 g/mol. The van der Waals surface area contributed by atoms with E-state index >= 15 is 0 Å². The van der Waals surface area contributed by atoms with Crippen molar-refractivity contribution >= 4 is 5.97 Å². The highest BCUT2D eigenvalue weighted by molar-refractivity contribution is 5.72. The van der Waals surface area contributed by atoms with Crippen molar-refractivity contribution in [2.75, 3.05) is 13.2 Å². The molecule has 2 heterocycles. The number of aromatic nitrogens is 2. The summed E-state index contributed by atoms with van der Waals surface area (Å²) in [6.07, 6.45) is 1.76. The maximum Gasteiger partial charge on any atom is 0.312 e. The summed E-state index contributed by atoms with van der Waals surface area (Å²) in [6, 6.07) is 2.20. The Morgan fingerprint density at radius 3 is 3.31 bits per heavy atom. The second kappa shape index (κ2) is 4.65. The molecule has 2 atom stereocenters. The molecular weight excluding hydrogens is 206 g/mol. The first-order valence-corrected chi connectivity index (χ1v) is 5.64. The molecule has 1 aliphatic rings.